The molecule has 4 heteroatoms. The molecule has 3 aromatic rings. The Bertz CT molecular complexity index is 808. The van der Waals surface area contributed by atoms with Gasteiger partial charge in [-0.15, -0.1) is 0 Å². The van der Waals surface area contributed by atoms with Crippen molar-refractivity contribution in [2.75, 3.05) is 0 Å². The fraction of sp³-hybridized carbons (Fsp3) is 0.235. The molecule has 0 radical (unpaired) electrons. The van der Waals surface area contributed by atoms with Gasteiger partial charge in [0.1, 0.15) is 17.4 Å². The Morgan fingerprint density at radius 1 is 1.19 bits per heavy atom. The number of hydrogen-bond acceptors (Lipinski definition) is 2. The molecule has 0 aliphatic rings. The van der Waals surface area contributed by atoms with Crippen LogP contribution in [0.4, 0.5) is 4.39 Å². The van der Waals surface area contributed by atoms with E-state index in [2.05, 4.69) is 11.9 Å². The largest absolute Gasteiger partial charge is 0.507 e. The first-order valence-electron chi connectivity index (χ1n) is 7.06. The van der Waals surface area contributed by atoms with Crippen LogP contribution in [0.1, 0.15) is 18.9 Å². The van der Waals surface area contributed by atoms with Crippen molar-refractivity contribution in [1.82, 2.24) is 9.55 Å². The lowest BCUT2D eigenvalue weighted by Crippen LogP contribution is -2.00. The minimum absolute atomic E-state index is 0.189. The molecule has 0 atom stereocenters. The second-order valence-electron chi connectivity index (χ2n) is 5.24. The van der Waals surface area contributed by atoms with Gasteiger partial charge in [-0.25, -0.2) is 9.37 Å². The van der Waals surface area contributed by atoms with E-state index in [0.717, 1.165) is 24.0 Å². The number of halogens is 1. The Balaban J connectivity index is 2.30. The number of phenols is 1. The third-order valence-electron chi connectivity index (χ3n) is 3.55. The number of benzene rings is 2. The lowest BCUT2D eigenvalue weighted by atomic mass is 10.1. The number of phenolic OH excluding ortho intramolecular Hbond substituents is 1. The summed E-state index contributed by atoms with van der Waals surface area (Å²) in [7, 11) is 0. The fourth-order valence-corrected chi connectivity index (χ4v) is 2.59. The Morgan fingerprint density at radius 3 is 2.76 bits per heavy atom. The third-order valence-corrected chi connectivity index (χ3v) is 3.55. The lowest BCUT2D eigenvalue weighted by Gasteiger charge is -2.09. The highest BCUT2D eigenvalue weighted by Gasteiger charge is 2.15. The van der Waals surface area contributed by atoms with E-state index in [4.69, 9.17) is 0 Å². The average molecular weight is 284 g/mol. The molecule has 0 saturated heterocycles. The number of hydrogen-bond donors (Lipinski definition) is 1. The molecule has 0 bridgehead atoms. The molecule has 1 aromatic heterocycles. The SMILES string of the molecule is CCCn1c(-c2cc(C)ccc2O)nc2cc(F)ccc21. The zero-order valence-corrected chi connectivity index (χ0v) is 12.1. The van der Waals surface area contributed by atoms with Crippen molar-refractivity contribution in [1.29, 1.82) is 0 Å². The van der Waals surface area contributed by atoms with Gasteiger partial charge in [0, 0.05) is 12.6 Å². The fourth-order valence-electron chi connectivity index (χ4n) is 2.59. The summed E-state index contributed by atoms with van der Waals surface area (Å²) < 4.78 is 15.4. The maximum atomic E-state index is 13.4. The van der Waals surface area contributed by atoms with Gasteiger partial charge in [-0.2, -0.15) is 0 Å². The highest BCUT2D eigenvalue weighted by Crippen LogP contribution is 2.32. The minimum Gasteiger partial charge on any atom is -0.507 e. The molecule has 2 aromatic carbocycles. The first-order chi connectivity index (χ1) is 10.1. The van der Waals surface area contributed by atoms with Crippen molar-refractivity contribution in [3.05, 3.63) is 47.8 Å². The van der Waals surface area contributed by atoms with Crippen LogP contribution in [-0.4, -0.2) is 14.7 Å². The van der Waals surface area contributed by atoms with Gasteiger partial charge in [0.15, 0.2) is 0 Å². The number of fused-ring (bicyclic) bond motifs is 1. The lowest BCUT2D eigenvalue weighted by molar-refractivity contribution is 0.476. The smallest absolute Gasteiger partial charge is 0.144 e. The average Bonchev–Trinajstić information content (AvgIpc) is 2.80. The Morgan fingerprint density at radius 2 is 2.00 bits per heavy atom. The number of nitrogens with zero attached hydrogens (tertiary/aromatic N) is 2. The summed E-state index contributed by atoms with van der Waals surface area (Å²) in [6, 6.07) is 10.0. The van der Waals surface area contributed by atoms with Gasteiger partial charge in [-0.1, -0.05) is 18.6 Å². The van der Waals surface area contributed by atoms with Gasteiger partial charge in [-0.05, 0) is 37.6 Å². The molecular formula is C17H17FN2O. The molecule has 0 saturated carbocycles. The van der Waals surface area contributed by atoms with E-state index in [9.17, 15) is 9.50 Å². The molecule has 1 heterocycles. The van der Waals surface area contributed by atoms with Crippen LogP contribution in [0.5, 0.6) is 5.75 Å². The highest BCUT2D eigenvalue weighted by molar-refractivity contribution is 5.82. The Labute approximate surface area is 122 Å². The monoisotopic (exact) mass is 284 g/mol. The molecule has 3 rings (SSSR count). The maximum Gasteiger partial charge on any atom is 0.144 e. The van der Waals surface area contributed by atoms with E-state index in [1.165, 1.54) is 12.1 Å². The standard InChI is InChI=1S/C17H17FN2O/c1-3-8-20-15-6-5-12(18)10-14(15)19-17(20)13-9-11(2)4-7-16(13)21/h4-7,9-10,21H,3,8H2,1-2H3. The molecule has 21 heavy (non-hydrogen) atoms. The predicted octanol–water partition coefficient (Wildman–Crippen LogP) is 4.27. The van der Waals surface area contributed by atoms with Crippen LogP contribution in [0, 0.1) is 12.7 Å². The van der Waals surface area contributed by atoms with Crippen molar-refractivity contribution in [2.45, 2.75) is 26.8 Å². The molecule has 0 aliphatic carbocycles. The van der Waals surface area contributed by atoms with Crippen molar-refractivity contribution in [2.24, 2.45) is 0 Å². The molecule has 0 aliphatic heterocycles. The van der Waals surface area contributed by atoms with Crippen molar-refractivity contribution in [3.8, 4) is 17.1 Å². The molecular weight excluding hydrogens is 267 g/mol. The van der Waals surface area contributed by atoms with Crippen LogP contribution in [0.3, 0.4) is 0 Å². The van der Waals surface area contributed by atoms with Crippen LogP contribution in [0.2, 0.25) is 0 Å². The number of aromatic hydroxyl groups is 1. The van der Waals surface area contributed by atoms with Gasteiger partial charge < -0.3 is 9.67 Å². The zero-order valence-electron chi connectivity index (χ0n) is 12.1. The first-order valence-corrected chi connectivity index (χ1v) is 7.06. The van der Waals surface area contributed by atoms with Crippen molar-refractivity contribution < 1.29 is 9.50 Å². The normalized spacial score (nSPS) is 11.2. The predicted molar refractivity (Wildman–Crippen MR) is 81.8 cm³/mol. The van der Waals surface area contributed by atoms with Gasteiger partial charge in [0.2, 0.25) is 0 Å². The van der Waals surface area contributed by atoms with Crippen LogP contribution in [-0.2, 0) is 6.54 Å². The van der Waals surface area contributed by atoms with E-state index >= 15 is 0 Å². The van der Waals surface area contributed by atoms with Gasteiger partial charge >= 0.3 is 0 Å². The summed E-state index contributed by atoms with van der Waals surface area (Å²) in [6.07, 6.45) is 0.933. The molecule has 0 unspecified atom stereocenters. The summed E-state index contributed by atoms with van der Waals surface area (Å²) in [5, 5.41) is 10.1. The second kappa shape index (κ2) is 5.20. The topological polar surface area (TPSA) is 38.0 Å². The molecule has 3 nitrogen and oxygen atoms in total. The zero-order chi connectivity index (χ0) is 15.0. The van der Waals surface area contributed by atoms with Crippen LogP contribution < -0.4 is 0 Å². The Hall–Kier alpha value is -2.36. The van der Waals surface area contributed by atoms with Gasteiger partial charge in [-0.3, -0.25) is 0 Å². The second-order valence-corrected chi connectivity index (χ2v) is 5.24. The molecule has 108 valence electrons. The quantitative estimate of drug-likeness (QED) is 0.780. The summed E-state index contributed by atoms with van der Waals surface area (Å²) in [5.41, 5.74) is 3.22. The summed E-state index contributed by atoms with van der Waals surface area (Å²) in [5.74, 6) is 0.566. The van der Waals surface area contributed by atoms with E-state index in [1.54, 1.807) is 12.1 Å². The number of imidazole rings is 1. The van der Waals surface area contributed by atoms with Gasteiger partial charge in [0.05, 0.1) is 16.6 Å². The van der Waals surface area contributed by atoms with Gasteiger partial charge in [0.25, 0.3) is 0 Å². The minimum atomic E-state index is -0.302. The highest BCUT2D eigenvalue weighted by atomic mass is 19.1. The van der Waals surface area contributed by atoms with Crippen molar-refractivity contribution in [3.63, 3.8) is 0 Å². The van der Waals surface area contributed by atoms with Crippen molar-refractivity contribution >= 4 is 11.0 Å². The van der Waals surface area contributed by atoms with E-state index in [-0.39, 0.29) is 11.6 Å². The maximum absolute atomic E-state index is 13.4. The van der Waals surface area contributed by atoms with E-state index in [0.29, 0.717) is 16.9 Å². The number of aryl methyl sites for hydroxylation is 2. The molecule has 1 N–H and O–H groups in total. The molecule has 0 fully saturated rings. The Kier molecular flexibility index (Phi) is 3.37. The molecule has 0 spiro atoms. The summed E-state index contributed by atoms with van der Waals surface area (Å²) in [6.45, 7) is 4.81. The molecule has 0 amide bonds. The van der Waals surface area contributed by atoms with Crippen LogP contribution in [0.25, 0.3) is 22.4 Å². The van der Waals surface area contributed by atoms with Crippen LogP contribution >= 0.6 is 0 Å². The number of rotatable bonds is 3. The van der Waals surface area contributed by atoms with E-state index in [1.807, 2.05) is 23.6 Å². The van der Waals surface area contributed by atoms with Crippen LogP contribution in [0.15, 0.2) is 36.4 Å². The number of aromatic nitrogens is 2. The summed E-state index contributed by atoms with van der Waals surface area (Å²) in [4.78, 5) is 4.53. The third kappa shape index (κ3) is 2.37. The first kappa shape index (κ1) is 13.6. The van der Waals surface area contributed by atoms with E-state index < -0.39 is 0 Å². The summed E-state index contributed by atoms with van der Waals surface area (Å²) >= 11 is 0.